The Morgan fingerprint density at radius 2 is 1.85 bits per heavy atom. The van der Waals surface area contributed by atoms with Gasteiger partial charge in [0.05, 0.1) is 12.6 Å². The highest BCUT2D eigenvalue weighted by Gasteiger charge is 2.18. The van der Waals surface area contributed by atoms with E-state index in [1.807, 2.05) is 47.8 Å². The van der Waals surface area contributed by atoms with Crippen LogP contribution >= 0.6 is 11.3 Å². The standard InChI is InChI=1S/C21H20F2N2OS/c1-14(17-10-9-16(22)12-18(17)23)24-13-20(26)25-21(19-8-5-11-27-19)15-6-3-2-4-7-15/h2-12,14,21,24H,13H2,1H3,(H,25,26)/t14-,21-/m1/s1. The van der Waals surface area contributed by atoms with Crippen LogP contribution in [0.25, 0.3) is 0 Å². The fourth-order valence-electron chi connectivity index (χ4n) is 2.84. The number of thiophene rings is 1. The van der Waals surface area contributed by atoms with E-state index < -0.39 is 17.7 Å². The molecule has 2 aromatic carbocycles. The van der Waals surface area contributed by atoms with Crippen LogP contribution in [0.15, 0.2) is 66.0 Å². The maximum absolute atomic E-state index is 13.9. The molecule has 1 amide bonds. The van der Waals surface area contributed by atoms with Crippen LogP contribution in [0.3, 0.4) is 0 Å². The maximum atomic E-state index is 13.9. The molecule has 140 valence electrons. The Bertz CT molecular complexity index is 884. The van der Waals surface area contributed by atoms with E-state index >= 15 is 0 Å². The normalized spacial score (nSPS) is 13.1. The van der Waals surface area contributed by atoms with Crippen molar-refractivity contribution in [2.24, 2.45) is 0 Å². The topological polar surface area (TPSA) is 41.1 Å². The number of carbonyl (C=O) groups is 1. The van der Waals surface area contributed by atoms with Gasteiger partial charge < -0.3 is 10.6 Å². The second kappa shape index (κ2) is 8.88. The first kappa shape index (κ1) is 19.2. The number of carbonyl (C=O) groups excluding carboxylic acids is 1. The number of nitrogens with one attached hydrogen (secondary N) is 2. The number of rotatable bonds is 7. The molecule has 0 aliphatic carbocycles. The molecule has 2 atom stereocenters. The summed E-state index contributed by atoms with van der Waals surface area (Å²) < 4.78 is 26.9. The van der Waals surface area contributed by atoms with Gasteiger partial charge in [0.2, 0.25) is 5.91 Å². The van der Waals surface area contributed by atoms with Gasteiger partial charge in [0.15, 0.2) is 0 Å². The van der Waals surface area contributed by atoms with Gasteiger partial charge in [-0.3, -0.25) is 4.79 Å². The number of hydrogen-bond acceptors (Lipinski definition) is 3. The summed E-state index contributed by atoms with van der Waals surface area (Å²) in [7, 11) is 0. The van der Waals surface area contributed by atoms with Crippen LogP contribution < -0.4 is 10.6 Å². The molecule has 0 unspecified atom stereocenters. The number of halogens is 2. The fraction of sp³-hybridized carbons (Fsp3) is 0.190. The van der Waals surface area contributed by atoms with E-state index in [4.69, 9.17) is 0 Å². The predicted octanol–water partition coefficient (Wildman–Crippen LogP) is 4.58. The average molecular weight is 386 g/mol. The molecule has 0 aliphatic heterocycles. The quantitative estimate of drug-likeness (QED) is 0.624. The molecular formula is C21H20F2N2OS. The summed E-state index contributed by atoms with van der Waals surface area (Å²) in [6, 6.07) is 16.4. The summed E-state index contributed by atoms with van der Waals surface area (Å²) in [5, 5.41) is 7.98. The molecule has 2 N–H and O–H groups in total. The van der Waals surface area contributed by atoms with Gasteiger partial charge in [-0.15, -0.1) is 11.3 Å². The molecule has 3 rings (SSSR count). The van der Waals surface area contributed by atoms with Crippen LogP contribution in [0.2, 0.25) is 0 Å². The summed E-state index contributed by atoms with van der Waals surface area (Å²) in [5.74, 6) is -1.45. The minimum absolute atomic E-state index is 0.0205. The first-order valence-electron chi connectivity index (χ1n) is 8.60. The third-order valence-corrected chi connectivity index (χ3v) is 5.20. The van der Waals surface area contributed by atoms with Crippen LogP contribution in [-0.2, 0) is 4.79 Å². The van der Waals surface area contributed by atoms with Crippen LogP contribution in [0, 0.1) is 11.6 Å². The molecule has 0 aliphatic rings. The van der Waals surface area contributed by atoms with Gasteiger partial charge in [-0.2, -0.15) is 0 Å². The maximum Gasteiger partial charge on any atom is 0.234 e. The van der Waals surface area contributed by atoms with E-state index in [1.54, 1.807) is 18.3 Å². The Kier molecular flexibility index (Phi) is 6.32. The van der Waals surface area contributed by atoms with Crippen molar-refractivity contribution in [2.75, 3.05) is 6.54 Å². The highest BCUT2D eigenvalue weighted by molar-refractivity contribution is 7.10. The molecule has 3 aromatic rings. The van der Waals surface area contributed by atoms with Crippen molar-refractivity contribution in [2.45, 2.75) is 19.0 Å². The lowest BCUT2D eigenvalue weighted by Gasteiger charge is -2.20. The lowest BCUT2D eigenvalue weighted by Crippen LogP contribution is -2.37. The highest BCUT2D eigenvalue weighted by atomic mass is 32.1. The lowest BCUT2D eigenvalue weighted by molar-refractivity contribution is -0.120. The van der Waals surface area contributed by atoms with Gasteiger partial charge >= 0.3 is 0 Å². The highest BCUT2D eigenvalue weighted by Crippen LogP contribution is 2.25. The van der Waals surface area contributed by atoms with Crippen molar-refractivity contribution in [3.05, 3.63) is 93.7 Å². The minimum Gasteiger partial charge on any atom is -0.343 e. The van der Waals surface area contributed by atoms with Crippen LogP contribution in [0.5, 0.6) is 0 Å². The van der Waals surface area contributed by atoms with Gasteiger partial charge in [-0.25, -0.2) is 8.78 Å². The summed E-state index contributed by atoms with van der Waals surface area (Å²) >= 11 is 1.57. The number of amides is 1. The molecule has 6 heteroatoms. The van der Waals surface area contributed by atoms with E-state index in [1.165, 1.54) is 12.1 Å². The van der Waals surface area contributed by atoms with E-state index in [2.05, 4.69) is 10.6 Å². The molecular weight excluding hydrogens is 366 g/mol. The number of hydrogen-bond donors (Lipinski definition) is 2. The van der Waals surface area contributed by atoms with Gasteiger partial charge in [0, 0.05) is 22.5 Å². The Balaban J connectivity index is 1.64. The van der Waals surface area contributed by atoms with Crippen molar-refractivity contribution in [1.29, 1.82) is 0 Å². The van der Waals surface area contributed by atoms with Gasteiger partial charge in [0.25, 0.3) is 0 Å². The summed E-state index contributed by atoms with van der Waals surface area (Å²) in [6.07, 6.45) is 0. The van der Waals surface area contributed by atoms with Crippen molar-refractivity contribution < 1.29 is 13.6 Å². The molecule has 1 aromatic heterocycles. The van der Waals surface area contributed by atoms with Crippen LogP contribution in [-0.4, -0.2) is 12.5 Å². The molecule has 1 heterocycles. The fourth-order valence-corrected chi connectivity index (χ4v) is 3.64. The summed E-state index contributed by atoms with van der Waals surface area (Å²) in [6.45, 7) is 1.75. The molecule has 0 bridgehead atoms. The minimum atomic E-state index is -0.629. The predicted molar refractivity (Wildman–Crippen MR) is 104 cm³/mol. The average Bonchev–Trinajstić information content (AvgIpc) is 3.19. The molecule has 0 saturated carbocycles. The molecule has 0 fully saturated rings. The third-order valence-electron chi connectivity index (χ3n) is 4.26. The molecule has 27 heavy (non-hydrogen) atoms. The molecule has 3 nitrogen and oxygen atoms in total. The zero-order valence-corrected chi connectivity index (χ0v) is 15.6. The first-order valence-corrected chi connectivity index (χ1v) is 9.48. The van der Waals surface area contributed by atoms with Crippen LogP contribution in [0.4, 0.5) is 8.78 Å². The smallest absolute Gasteiger partial charge is 0.234 e. The largest absolute Gasteiger partial charge is 0.343 e. The monoisotopic (exact) mass is 386 g/mol. The van der Waals surface area contributed by atoms with E-state index in [0.29, 0.717) is 5.56 Å². The first-order chi connectivity index (χ1) is 13.0. The number of benzene rings is 2. The van der Waals surface area contributed by atoms with Crippen molar-refractivity contribution in [3.8, 4) is 0 Å². The molecule has 0 radical (unpaired) electrons. The third kappa shape index (κ3) is 4.99. The lowest BCUT2D eigenvalue weighted by atomic mass is 10.1. The van der Waals surface area contributed by atoms with Gasteiger partial charge in [-0.05, 0) is 30.0 Å². The SMILES string of the molecule is C[C@@H](NCC(=O)N[C@H](c1ccccc1)c1cccs1)c1ccc(F)cc1F. The zero-order valence-electron chi connectivity index (χ0n) is 14.8. The molecule has 0 spiro atoms. The Labute approximate surface area is 161 Å². The van der Waals surface area contributed by atoms with Gasteiger partial charge in [0.1, 0.15) is 11.6 Å². The van der Waals surface area contributed by atoms with Crippen molar-refractivity contribution >= 4 is 17.2 Å². The van der Waals surface area contributed by atoms with Crippen molar-refractivity contribution in [3.63, 3.8) is 0 Å². The van der Waals surface area contributed by atoms with Gasteiger partial charge in [-0.1, -0.05) is 42.5 Å². The van der Waals surface area contributed by atoms with Crippen LogP contribution in [0.1, 0.15) is 35.0 Å². The summed E-state index contributed by atoms with van der Waals surface area (Å²) in [5.41, 5.74) is 1.31. The Hall–Kier alpha value is -2.57. The second-order valence-corrected chi connectivity index (χ2v) is 7.17. The van der Waals surface area contributed by atoms with E-state index in [-0.39, 0.29) is 18.5 Å². The second-order valence-electron chi connectivity index (χ2n) is 6.20. The Morgan fingerprint density at radius 1 is 1.07 bits per heavy atom. The van der Waals surface area contributed by atoms with E-state index in [9.17, 15) is 13.6 Å². The summed E-state index contributed by atoms with van der Waals surface area (Å²) in [4.78, 5) is 13.5. The molecule has 0 saturated heterocycles. The van der Waals surface area contributed by atoms with Crippen molar-refractivity contribution in [1.82, 2.24) is 10.6 Å². The van der Waals surface area contributed by atoms with E-state index in [0.717, 1.165) is 16.5 Å². The zero-order chi connectivity index (χ0) is 19.2. The Morgan fingerprint density at radius 3 is 2.52 bits per heavy atom.